The third-order valence-corrected chi connectivity index (χ3v) is 2.94. The van der Waals surface area contributed by atoms with Crippen LogP contribution in [0.3, 0.4) is 0 Å². The minimum absolute atomic E-state index is 0.213. The molecule has 0 bridgehead atoms. The van der Waals surface area contributed by atoms with Crippen LogP contribution < -0.4 is 0 Å². The summed E-state index contributed by atoms with van der Waals surface area (Å²) in [5.41, 5.74) is -1.42. The predicted molar refractivity (Wildman–Crippen MR) is 61.0 cm³/mol. The van der Waals surface area contributed by atoms with E-state index in [0.717, 1.165) is 0 Å². The highest BCUT2D eigenvalue weighted by molar-refractivity contribution is 6.27. The molecule has 1 aliphatic carbocycles. The van der Waals surface area contributed by atoms with Gasteiger partial charge in [-0.3, -0.25) is 14.4 Å². The fourth-order valence-corrected chi connectivity index (χ4v) is 2.10. The Balaban J connectivity index is 3.03. The lowest BCUT2D eigenvalue weighted by molar-refractivity contribution is -0.144. The Morgan fingerprint density at radius 3 is 2.00 bits per heavy atom. The van der Waals surface area contributed by atoms with Gasteiger partial charge in [0.1, 0.15) is 0 Å². The van der Waals surface area contributed by atoms with Gasteiger partial charge in [0, 0.05) is 19.3 Å². The number of carbonyl (C=O) groups excluding carboxylic acids is 3. The van der Waals surface area contributed by atoms with Crippen LogP contribution in [-0.2, 0) is 14.4 Å². The van der Waals surface area contributed by atoms with Crippen molar-refractivity contribution in [3.05, 3.63) is 12.2 Å². The summed E-state index contributed by atoms with van der Waals surface area (Å²) < 4.78 is 0. The van der Waals surface area contributed by atoms with E-state index in [-0.39, 0.29) is 23.8 Å². The molecule has 0 radical (unpaired) electrons. The minimum Gasteiger partial charge on any atom is -0.298 e. The van der Waals surface area contributed by atoms with Crippen molar-refractivity contribution in [2.24, 2.45) is 5.41 Å². The molecule has 0 aliphatic heterocycles. The van der Waals surface area contributed by atoms with Crippen LogP contribution >= 0.6 is 0 Å². The van der Waals surface area contributed by atoms with Crippen molar-refractivity contribution in [1.29, 1.82) is 0 Å². The molecule has 0 heterocycles. The third kappa shape index (κ3) is 1.99. The van der Waals surface area contributed by atoms with E-state index >= 15 is 0 Å². The van der Waals surface area contributed by atoms with E-state index in [4.69, 9.17) is 0 Å². The summed E-state index contributed by atoms with van der Waals surface area (Å²) in [6.07, 6.45) is 5.30. The topological polar surface area (TPSA) is 51.2 Å². The number of Topliss-reactive ketones (excluding diaryl/α,β-unsaturated/α-hetero) is 3. The van der Waals surface area contributed by atoms with Crippen LogP contribution in [0.25, 0.3) is 0 Å². The monoisotopic (exact) mass is 222 g/mol. The Kier molecular flexibility index (Phi) is 4.16. The second-order valence-corrected chi connectivity index (χ2v) is 4.18. The van der Waals surface area contributed by atoms with Crippen LogP contribution in [0.4, 0.5) is 0 Å². The number of carbonyl (C=O) groups is 3. The molecule has 1 aliphatic rings. The van der Waals surface area contributed by atoms with Gasteiger partial charge in [-0.1, -0.05) is 26.0 Å². The molecule has 0 atom stereocenters. The van der Waals surface area contributed by atoms with Crippen LogP contribution in [0, 0.1) is 5.41 Å². The number of rotatable bonds is 6. The number of ketones is 3. The second-order valence-electron chi connectivity index (χ2n) is 4.18. The summed E-state index contributed by atoms with van der Waals surface area (Å²) in [5.74, 6) is -0.705. The number of hydrogen-bond acceptors (Lipinski definition) is 3. The first-order valence-electron chi connectivity index (χ1n) is 5.87. The molecule has 0 aromatic heterocycles. The molecule has 3 heteroatoms. The van der Waals surface area contributed by atoms with Crippen molar-refractivity contribution in [2.45, 2.75) is 46.0 Å². The molecule has 0 N–H and O–H groups in total. The van der Waals surface area contributed by atoms with Crippen molar-refractivity contribution >= 4 is 17.3 Å². The standard InChI is InChI=1S/C13H18O3/c1-3-6-10(14)13(11(15)7-4-2)9-5-8-12(13)16/h5,9H,3-4,6-8H2,1-2H3. The highest BCUT2D eigenvalue weighted by Crippen LogP contribution is 2.33. The van der Waals surface area contributed by atoms with Crippen LogP contribution in [0.15, 0.2) is 12.2 Å². The van der Waals surface area contributed by atoms with Gasteiger partial charge >= 0.3 is 0 Å². The lowest BCUT2D eigenvalue weighted by Crippen LogP contribution is -2.42. The molecule has 1 rings (SSSR count). The highest BCUT2D eigenvalue weighted by Gasteiger charge is 2.49. The van der Waals surface area contributed by atoms with Crippen LogP contribution in [0.5, 0.6) is 0 Å². The Bertz CT molecular complexity index is 321. The Labute approximate surface area is 95.9 Å². The normalized spacial score (nSPS) is 17.8. The quantitative estimate of drug-likeness (QED) is 0.511. The summed E-state index contributed by atoms with van der Waals surface area (Å²) in [7, 11) is 0. The van der Waals surface area contributed by atoms with Gasteiger partial charge < -0.3 is 0 Å². The van der Waals surface area contributed by atoms with E-state index in [2.05, 4.69) is 0 Å². The molecule has 0 unspecified atom stereocenters. The van der Waals surface area contributed by atoms with E-state index in [0.29, 0.717) is 25.7 Å². The van der Waals surface area contributed by atoms with Crippen molar-refractivity contribution in [3.63, 3.8) is 0 Å². The van der Waals surface area contributed by atoms with Gasteiger partial charge in [0.15, 0.2) is 22.8 Å². The first-order chi connectivity index (χ1) is 7.59. The Hall–Kier alpha value is -1.25. The highest BCUT2D eigenvalue weighted by atomic mass is 16.2. The minimum atomic E-state index is -1.42. The lowest BCUT2D eigenvalue weighted by Gasteiger charge is -2.22. The first kappa shape index (κ1) is 12.8. The maximum absolute atomic E-state index is 12.0. The summed E-state index contributed by atoms with van der Waals surface area (Å²) in [5, 5.41) is 0. The van der Waals surface area contributed by atoms with Gasteiger partial charge in [-0.2, -0.15) is 0 Å². The molecule has 0 amide bonds. The van der Waals surface area contributed by atoms with E-state index in [1.54, 1.807) is 6.08 Å². The Morgan fingerprint density at radius 1 is 1.19 bits per heavy atom. The van der Waals surface area contributed by atoms with E-state index < -0.39 is 5.41 Å². The molecule has 0 fully saturated rings. The zero-order chi connectivity index (χ0) is 12.2. The summed E-state index contributed by atoms with van der Waals surface area (Å²) in [4.78, 5) is 35.8. The molecular weight excluding hydrogens is 204 g/mol. The molecule has 0 spiro atoms. The average molecular weight is 222 g/mol. The molecule has 3 nitrogen and oxygen atoms in total. The fourth-order valence-electron chi connectivity index (χ4n) is 2.10. The van der Waals surface area contributed by atoms with Gasteiger partial charge in [-0.05, 0) is 12.8 Å². The van der Waals surface area contributed by atoms with Gasteiger partial charge in [-0.25, -0.2) is 0 Å². The van der Waals surface area contributed by atoms with Gasteiger partial charge in [0.05, 0.1) is 0 Å². The molecular formula is C13H18O3. The summed E-state index contributed by atoms with van der Waals surface area (Å²) in [6, 6.07) is 0. The fraction of sp³-hybridized carbons (Fsp3) is 0.615. The van der Waals surface area contributed by atoms with Crippen LogP contribution in [-0.4, -0.2) is 17.3 Å². The molecule has 0 saturated heterocycles. The first-order valence-corrected chi connectivity index (χ1v) is 5.87. The lowest BCUT2D eigenvalue weighted by atomic mass is 9.75. The molecule has 88 valence electrons. The number of allylic oxidation sites excluding steroid dienone is 2. The molecule has 16 heavy (non-hydrogen) atoms. The molecule has 0 saturated carbocycles. The van der Waals surface area contributed by atoms with Crippen molar-refractivity contribution < 1.29 is 14.4 Å². The second kappa shape index (κ2) is 5.19. The van der Waals surface area contributed by atoms with Crippen LogP contribution in [0.1, 0.15) is 46.0 Å². The zero-order valence-corrected chi connectivity index (χ0v) is 9.91. The van der Waals surface area contributed by atoms with Crippen molar-refractivity contribution in [2.75, 3.05) is 0 Å². The van der Waals surface area contributed by atoms with E-state index in [1.807, 2.05) is 13.8 Å². The predicted octanol–water partition coefficient (Wildman–Crippen LogP) is 2.24. The van der Waals surface area contributed by atoms with Gasteiger partial charge in [0.25, 0.3) is 0 Å². The number of hydrogen-bond donors (Lipinski definition) is 0. The van der Waals surface area contributed by atoms with Crippen LogP contribution in [0.2, 0.25) is 0 Å². The zero-order valence-electron chi connectivity index (χ0n) is 9.91. The van der Waals surface area contributed by atoms with Crippen molar-refractivity contribution in [3.8, 4) is 0 Å². The van der Waals surface area contributed by atoms with E-state index in [1.165, 1.54) is 6.08 Å². The van der Waals surface area contributed by atoms with Gasteiger partial charge in [0.2, 0.25) is 0 Å². The molecule has 0 aromatic rings. The Morgan fingerprint density at radius 2 is 1.69 bits per heavy atom. The third-order valence-electron chi connectivity index (χ3n) is 2.94. The summed E-state index contributed by atoms with van der Waals surface area (Å²) >= 11 is 0. The summed E-state index contributed by atoms with van der Waals surface area (Å²) in [6.45, 7) is 3.75. The van der Waals surface area contributed by atoms with E-state index in [9.17, 15) is 14.4 Å². The largest absolute Gasteiger partial charge is 0.298 e. The average Bonchev–Trinajstić information content (AvgIpc) is 2.62. The smallest absolute Gasteiger partial charge is 0.164 e. The van der Waals surface area contributed by atoms with Crippen molar-refractivity contribution in [1.82, 2.24) is 0 Å². The molecule has 0 aromatic carbocycles. The maximum Gasteiger partial charge on any atom is 0.164 e. The van der Waals surface area contributed by atoms with Gasteiger partial charge in [-0.15, -0.1) is 0 Å². The maximum atomic E-state index is 12.0. The SMILES string of the molecule is CCCC(=O)C1(C(=O)CCC)C=CCC1=O.